The molecule has 0 radical (unpaired) electrons. The van der Waals surface area contributed by atoms with Crippen LogP contribution in [0.25, 0.3) is 0 Å². The van der Waals surface area contributed by atoms with Gasteiger partial charge in [0.05, 0.1) is 5.56 Å². The molecule has 1 aliphatic rings. The standard InChI is InChI=1S/C15H17F3O2/c16-15(17,18)12-8-4-5-9-14(12)20-10-13(19)11-6-2-1-3-7-11/h4-5,8-9,11H,1-3,6-7,10H2. The smallest absolute Gasteiger partial charge is 0.419 e. The Kier molecular flexibility index (Phi) is 4.68. The molecule has 1 aromatic carbocycles. The summed E-state index contributed by atoms with van der Waals surface area (Å²) in [5, 5.41) is 0. The van der Waals surface area contributed by atoms with Crippen molar-refractivity contribution in [1.29, 1.82) is 0 Å². The molecule has 0 bridgehead atoms. The van der Waals surface area contributed by atoms with Crippen LogP contribution in [0.3, 0.4) is 0 Å². The Bertz CT molecular complexity index is 462. The van der Waals surface area contributed by atoms with Crippen LogP contribution in [0, 0.1) is 5.92 Å². The fourth-order valence-corrected chi connectivity index (χ4v) is 2.52. The van der Waals surface area contributed by atoms with E-state index in [1.165, 1.54) is 18.2 Å². The highest BCUT2D eigenvalue weighted by molar-refractivity contribution is 5.82. The normalized spacial score (nSPS) is 16.9. The van der Waals surface area contributed by atoms with Crippen LogP contribution in [-0.2, 0) is 11.0 Å². The number of benzene rings is 1. The lowest BCUT2D eigenvalue weighted by Crippen LogP contribution is -2.24. The Labute approximate surface area is 115 Å². The van der Waals surface area contributed by atoms with Crippen molar-refractivity contribution in [3.63, 3.8) is 0 Å². The molecule has 2 nitrogen and oxygen atoms in total. The van der Waals surface area contributed by atoms with Crippen LogP contribution in [0.15, 0.2) is 24.3 Å². The zero-order valence-electron chi connectivity index (χ0n) is 11.1. The molecule has 0 aliphatic heterocycles. The summed E-state index contributed by atoms with van der Waals surface area (Å²) in [6.45, 7) is -0.280. The van der Waals surface area contributed by atoms with Gasteiger partial charge in [-0.2, -0.15) is 13.2 Å². The third-order valence-corrected chi connectivity index (χ3v) is 3.62. The monoisotopic (exact) mass is 286 g/mol. The maximum Gasteiger partial charge on any atom is 0.419 e. The van der Waals surface area contributed by atoms with E-state index < -0.39 is 11.7 Å². The van der Waals surface area contributed by atoms with E-state index in [1.54, 1.807) is 0 Å². The van der Waals surface area contributed by atoms with Crippen LogP contribution in [-0.4, -0.2) is 12.4 Å². The Morgan fingerprint density at radius 2 is 1.80 bits per heavy atom. The van der Waals surface area contributed by atoms with E-state index in [0.29, 0.717) is 0 Å². The molecule has 0 heterocycles. The first-order valence-electron chi connectivity index (χ1n) is 6.80. The summed E-state index contributed by atoms with van der Waals surface area (Å²) in [5.41, 5.74) is -0.837. The van der Waals surface area contributed by atoms with Crippen molar-refractivity contribution in [3.05, 3.63) is 29.8 Å². The van der Waals surface area contributed by atoms with Crippen molar-refractivity contribution in [2.45, 2.75) is 38.3 Å². The summed E-state index contributed by atoms with van der Waals surface area (Å²) in [6.07, 6.45) is 0.323. The molecule has 5 heteroatoms. The first-order chi connectivity index (χ1) is 9.48. The average molecular weight is 286 g/mol. The van der Waals surface area contributed by atoms with Gasteiger partial charge in [0.1, 0.15) is 12.4 Å². The number of hydrogen-bond acceptors (Lipinski definition) is 2. The maximum atomic E-state index is 12.8. The molecule has 0 unspecified atom stereocenters. The molecule has 1 aromatic rings. The lowest BCUT2D eigenvalue weighted by molar-refractivity contribution is -0.139. The Hall–Kier alpha value is -1.52. The van der Waals surface area contributed by atoms with E-state index in [1.807, 2.05) is 0 Å². The largest absolute Gasteiger partial charge is 0.485 e. The highest BCUT2D eigenvalue weighted by atomic mass is 19.4. The molecule has 0 saturated heterocycles. The third kappa shape index (κ3) is 3.74. The first-order valence-corrected chi connectivity index (χ1v) is 6.80. The average Bonchev–Trinajstić information content (AvgIpc) is 2.45. The lowest BCUT2D eigenvalue weighted by Gasteiger charge is -2.20. The lowest BCUT2D eigenvalue weighted by atomic mass is 9.86. The van der Waals surface area contributed by atoms with E-state index >= 15 is 0 Å². The second-order valence-electron chi connectivity index (χ2n) is 5.08. The van der Waals surface area contributed by atoms with Gasteiger partial charge in [0.25, 0.3) is 0 Å². The first kappa shape index (κ1) is 14.9. The number of hydrogen-bond donors (Lipinski definition) is 0. The number of para-hydroxylation sites is 1. The molecule has 0 amide bonds. The number of halogens is 3. The minimum atomic E-state index is -4.47. The number of alkyl halides is 3. The second-order valence-corrected chi connectivity index (χ2v) is 5.08. The summed E-state index contributed by atoms with van der Waals surface area (Å²) in [6, 6.07) is 4.98. The minimum Gasteiger partial charge on any atom is -0.485 e. The maximum absolute atomic E-state index is 12.8. The van der Waals surface area contributed by atoms with Gasteiger partial charge in [-0.25, -0.2) is 0 Å². The Balaban J connectivity index is 1.98. The van der Waals surface area contributed by atoms with Gasteiger partial charge in [-0.15, -0.1) is 0 Å². The third-order valence-electron chi connectivity index (χ3n) is 3.62. The summed E-state index contributed by atoms with van der Waals surface area (Å²) < 4.78 is 43.4. The van der Waals surface area contributed by atoms with Gasteiger partial charge in [-0.3, -0.25) is 4.79 Å². The molecule has 1 aliphatic carbocycles. The van der Waals surface area contributed by atoms with Crippen molar-refractivity contribution in [2.24, 2.45) is 5.92 Å². The summed E-state index contributed by atoms with van der Waals surface area (Å²) in [4.78, 5) is 11.9. The second kappa shape index (κ2) is 6.29. The summed E-state index contributed by atoms with van der Waals surface area (Å²) in [5.74, 6) is -0.423. The van der Waals surface area contributed by atoms with Gasteiger partial charge in [-0.1, -0.05) is 31.4 Å². The molecule has 20 heavy (non-hydrogen) atoms. The minimum absolute atomic E-state index is 0.0539. The van der Waals surface area contributed by atoms with Gasteiger partial charge in [0.15, 0.2) is 5.78 Å². The fourth-order valence-electron chi connectivity index (χ4n) is 2.52. The number of ketones is 1. The van der Waals surface area contributed by atoms with Crippen molar-refractivity contribution in [2.75, 3.05) is 6.61 Å². The molecule has 0 atom stereocenters. The van der Waals surface area contributed by atoms with Crippen LogP contribution in [0.1, 0.15) is 37.7 Å². The van der Waals surface area contributed by atoms with Gasteiger partial charge < -0.3 is 4.74 Å². The van der Waals surface area contributed by atoms with E-state index in [0.717, 1.165) is 38.2 Å². The molecular formula is C15H17F3O2. The zero-order chi connectivity index (χ0) is 14.6. The Morgan fingerprint density at radius 1 is 1.15 bits per heavy atom. The molecule has 1 fully saturated rings. The predicted octanol–water partition coefficient (Wildman–Crippen LogP) is 4.23. The zero-order valence-corrected chi connectivity index (χ0v) is 11.1. The molecule has 0 spiro atoms. The van der Waals surface area contributed by atoms with Crippen LogP contribution in [0.2, 0.25) is 0 Å². The molecular weight excluding hydrogens is 269 g/mol. The van der Waals surface area contributed by atoms with E-state index in [4.69, 9.17) is 4.74 Å². The SMILES string of the molecule is O=C(COc1ccccc1C(F)(F)F)C1CCCCC1. The molecule has 0 aromatic heterocycles. The number of ether oxygens (including phenoxy) is 1. The summed E-state index contributed by atoms with van der Waals surface area (Å²) >= 11 is 0. The van der Waals surface area contributed by atoms with Crippen LogP contribution in [0.4, 0.5) is 13.2 Å². The molecule has 2 rings (SSSR count). The highest BCUT2D eigenvalue weighted by Crippen LogP contribution is 2.36. The number of Topliss-reactive ketones (excluding diaryl/α,β-unsaturated/α-hetero) is 1. The molecule has 1 saturated carbocycles. The molecule has 0 N–H and O–H groups in total. The van der Waals surface area contributed by atoms with E-state index in [9.17, 15) is 18.0 Å². The quantitative estimate of drug-likeness (QED) is 0.827. The molecule has 110 valence electrons. The number of carbonyl (C=O) groups excluding carboxylic acids is 1. The van der Waals surface area contributed by atoms with Crippen LogP contribution < -0.4 is 4.74 Å². The van der Waals surface area contributed by atoms with Gasteiger partial charge in [-0.05, 0) is 25.0 Å². The van der Waals surface area contributed by atoms with E-state index in [2.05, 4.69) is 0 Å². The topological polar surface area (TPSA) is 26.3 Å². The number of carbonyl (C=O) groups is 1. The van der Waals surface area contributed by atoms with Gasteiger partial charge >= 0.3 is 6.18 Å². The van der Waals surface area contributed by atoms with Crippen molar-refractivity contribution in [3.8, 4) is 5.75 Å². The predicted molar refractivity (Wildman–Crippen MR) is 68.5 cm³/mol. The number of rotatable bonds is 4. The fraction of sp³-hybridized carbons (Fsp3) is 0.533. The van der Waals surface area contributed by atoms with Crippen molar-refractivity contribution in [1.82, 2.24) is 0 Å². The highest BCUT2D eigenvalue weighted by Gasteiger charge is 2.34. The van der Waals surface area contributed by atoms with Gasteiger partial charge in [0, 0.05) is 5.92 Å². The van der Waals surface area contributed by atoms with Crippen LogP contribution in [0.5, 0.6) is 5.75 Å². The van der Waals surface area contributed by atoms with Crippen LogP contribution >= 0.6 is 0 Å². The van der Waals surface area contributed by atoms with Gasteiger partial charge in [0.2, 0.25) is 0 Å². The van der Waals surface area contributed by atoms with Crippen molar-refractivity contribution < 1.29 is 22.7 Å². The van der Waals surface area contributed by atoms with Crippen molar-refractivity contribution >= 4 is 5.78 Å². The Morgan fingerprint density at radius 3 is 2.45 bits per heavy atom. The summed E-state index contributed by atoms with van der Waals surface area (Å²) in [7, 11) is 0. The van der Waals surface area contributed by atoms with E-state index in [-0.39, 0.29) is 24.1 Å².